The van der Waals surface area contributed by atoms with Crippen LogP contribution in [-0.2, 0) is 9.53 Å². The lowest BCUT2D eigenvalue weighted by atomic mass is 9.93. The van der Waals surface area contributed by atoms with E-state index in [1.165, 1.54) is 4.90 Å². The quantitative estimate of drug-likeness (QED) is 0.640. The maximum absolute atomic E-state index is 12.9. The van der Waals surface area contributed by atoms with E-state index in [0.29, 0.717) is 23.6 Å². The van der Waals surface area contributed by atoms with Crippen molar-refractivity contribution >= 4 is 12.0 Å². The molecule has 1 aromatic rings. The van der Waals surface area contributed by atoms with Crippen molar-refractivity contribution in [3.05, 3.63) is 41.1 Å². The summed E-state index contributed by atoms with van der Waals surface area (Å²) < 4.78 is 10.8. The maximum Gasteiger partial charge on any atom is 0.338 e. The third-order valence-corrected chi connectivity index (χ3v) is 5.51. The highest BCUT2D eigenvalue weighted by Crippen LogP contribution is 2.33. The van der Waals surface area contributed by atoms with Gasteiger partial charge in [-0.25, -0.2) is 9.59 Å². The van der Waals surface area contributed by atoms with Crippen molar-refractivity contribution in [2.75, 3.05) is 33.4 Å². The normalized spacial score (nSPS) is 25.0. The van der Waals surface area contributed by atoms with Crippen LogP contribution in [0.1, 0.15) is 38.3 Å². The number of para-hydroxylation sites is 1. The lowest BCUT2D eigenvalue weighted by Gasteiger charge is -2.33. The highest BCUT2D eigenvalue weighted by molar-refractivity contribution is 5.95. The summed E-state index contributed by atoms with van der Waals surface area (Å²) in [5, 5.41) is 5.74. The summed E-state index contributed by atoms with van der Waals surface area (Å²) in [7, 11) is 1.58. The smallest absolute Gasteiger partial charge is 0.338 e. The number of rotatable bonds is 6. The number of nitrogens with one attached hydrogen (secondary N) is 3. The Morgan fingerprint density at radius 2 is 1.96 bits per heavy atom. The van der Waals surface area contributed by atoms with Gasteiger partial charge in [0.1, 0.15) is 12.3 Å². The summed E-state index contributed by atoms with van der Waals surface area (Å²) in [6, 6.07) is 6.49. The molecule has 7 nitrogen and oxygen atoms in total. The monoisotopic (exact) mass is 388 g/mol. The molecule has 0 aromatic heterocycles. The number of piperidine rings is 1. The molecule has 1 saturated heterocycles. The Morgan fingerprint density at radius 3 is 2.64 bits per heavy atom. The van der Waals surface area contributed by atoms with Crippen LogP contribution in [-0.4, -0.2) is 45.4 Å². The number of quaternary nitrogens is 1. The first-order chi connectivity index (χ1) is 13.5. The van der Waals surface area contributed by atoms with Crippen molar-refractivity contribution in [2.24, 2.45) is 5.92 Å². The van der Waals surface area contributed by atoms with Crippen molar-refractivity contribution in [1.29, 1.82) is 0 Å². The molecule has 152 valence electrons. The zero-order valence-corrected chi connectivity index (χ0v) is 16.8. The van der Waals surface area contributed by atoms with Crippen LogP contribution in [0.15, 0.2) is 35.5 Å². The van der Waals surface area contributed by atoms with Crippen LogP contribution in [0.5, 0.6) is 5.75 Å². The number of carbonyl (C=O) groups excluding carboxylic acids is 2. The van der Waals surface area contributed by atoms with Gasteiger partial charge < -0.3 is 25.0 Å². The van der Waals surface area contributed by atoms with Crippen LogP contribution in [0.4, 0.5) is 4.79 Å². The molecule has 0 bridgehead atoms. The SMILES string of the molecule is CCOC(=O)C1=C(C[NH+]2CCC(C)CC2)NC(=O)N[C@@H]1c1ccccc1OC. The van der Waals surface area contributed by atoms with E-state index in [0.717, 1.165) is 37.4 Å². The molecule has 0 spiro atoms. The molecule has 1 aromatic carbocycles. The molecule has 2 aliphatic heterocycles. The topological polar surface area (TPSA) is 81.1 Å². The molecule has 28 heavy (non-hydrogen) atoms. The minimum absolute atomic E-state index is 0.274. The predicted molar refractivity (Wildman–Crippen MR) is 105 cm³/mol. The maximum atomic E-state index is 12.9. The summed E-state index contributed by atoms with van der Waals surface area (Å²) in [5.41, 5.74) is 1.84. The molecule has 0 radical (unpaired) electrons. The van der Waals surface area contributed by atoms with Gasteiger partial charge in [0.15, 0.2) is 0 Å². The second kappa shape index (κ2) is 9.10. The molecule has 1 atom stereocenters. The van der Waals surface area contributed by atoms with E-state index in [1.807, 2.05) is 24.3 Å². The van der Waals surface area contributed by atoms with E-state index in [4.69, 9.17) is 9.47 Å². The first-order valence-electron chi connectivity index (χ1n) is 9.97. The zero-order chi connectivity index (χ0) is 20.1. The molecule has 1 fully saturated rings. The number of urea groups is 1. The second-order valence-corrected chi connectivity index (χ2v) is 7.50. The fourth-order valence-corrected chi connectivity index (χ4v) is 3.94. The van der Waals surface area contributed by atoms with Gasteiger partial charge in [-0.1, -0.05) is 25.1 Å². The fourth-order valence-electron chi connectivity index (χ4n) is 3.94. The number of carbonyl (C=O) groups is 2. The van der Waals surface area contributed by atoms with Crippen molar-refractivity contribution in [3.63, 3.8) is 0 Å². The Hall–Kier alpha value is -2.54. The number of ether oxygens (including phenoxy) is 2. The van der Waals surface area contributed by atoms with Gasteiger partial charge in [-0.05, 0) is 31.7 Å². The minimum Gasteiger partial charge on any atom is -0.496 e. The summed E-state index contributed by atoms with van der Waals surface area (Å²) >= 11 is 0. The van der Waals surface area contributed by atoms with E-state index in [-0.39, 0.29) is 12.6 Å². The van der Waals surface area contributed by atoms with Crippen molar-refractivity contribution in [3.8, 4) is 5.75 Å². The van der Waals surface area contributed by atoms with E-state index < -0.39 is 12.0 Å². The van der Waals surface area contributed by atoms with Gasteiger partial charge in [0.2, 0.25) is 0 Å². The van der Waals surface area contributed by atoms with Gasteiger partial charge in [-0.3, -0.25) is 0 Å². The zero-order valence-electron chi connectivity index (χ0n) is 16.8. The van der Waals surface area contributed by atoms with Crippen LogP contribution < -0.4 is 20.3 Å². The van der Waals surface area contributed by atoms with Gasteiger partial charge in [0, 0.05) is 5.56 Å². The van der Waals surface area contributed by atoms with E-state index >= 15 is 0 Å². The number of hydrogen-bond acceptors (Lipinski definition) is 4. The Morgan fingerprint density at radius 1 is 1.25 bits per heavy atom. The molecule has 3 rings (SSSR count). The summed E-state index contributed by atoms with van der Waals surface area (Å²) in [6.07, 6.45) is 2.30. The van der Waals surface area contributed by atoms with Crippen LogP contribution in [0.3, 0.4) is 0 Å². The summed E-state index contributed by atoms with van der Waals surface area (Å²) in [5.74, 6) is 0.937. The Labute approximate surface area is 166 Å². The Kier molecular flexibility index (Phi) is 6.57. The lowest BCUT2D eigenvalue weighted by Crippen LogP contribution is -3.13. The number of methoxy groups -OCH3 is 1. The largest absolute Gasteiger partial charge is 0.496 e. The highest BCUT2D eigenvalue weighted by Gasteiger charge is 2.36. The average molecular weight is 388 g/mol. The molecule has 0 aliphatic carbocycles. The molecule has 2 amide bonds. The van der Waals surface area contributed by atoms with E-state index in [9.17, 15) is 9.59 Å². The lowest BCUT2D eigenvalue weighted by molar-refractivity contribution is -0.901. The van der Waals surface area contributed by atoms with Crippen LogP contribution in [0, 0.1) is 5.92 Å². The number of hydrogen-bond donors (Lipinski definition) is 3. The standard InChI is InChI=1S/C21H29N3O4/c1-4-28-20(25)18-16(13-24-11-9-14(2)10-12-24)22-21(26)23-19(18)15-7-5-6-8-17(15)27-3/h5-8,14,19H,4,9-13H2,1-3H3,(H2,22,23,26)/p+1/t19-/m1/s1. The van der Waals surface area contributed by atoms with Crippen LogP contribution >= 0.6 is 0 Å². The Bertz CT molecular complexity index is 754. The third kappa shape index (κ3) is 4.47. The molecule has 3 N–H and O–H groups in total. The number of amides is 2. The van der Waals surface area contributed by atoms with Gasteiger partial charge in [0.05, 0.1) is 44.1 Å². The van der Waals surface area contributed by atoms with Gasteiger partial charge in [0.25, 0.3) is 0 Å². The molecular formula is C21H30N3O4+. The van der Waals surface area contributed by atoms with E-state index in [2.05, 4.69) is 17.6 Å². The summed E-state index contributed by atoms with van der Waals surface area (Å²) in [4.78, 5) is 26.7. The van der Waals surface area contributed by atoms with Gasteiger partial charge >= 0.3 is 12.0 Å². The molecule has 7 heteroatoms. The molecule has 0 unspecified atom stereocenters. The van der Waals surface area contributed by atoms with E-state index in [1.54, 1.807) is 14.0 Å². The first-order valence-corrected chi connectivity index (χ1v) is 9.97. The summed E-state index contributed by atoms with van der Waals surface area (Å²) in [6.45, 7) is 6.98. The third-order valence-electron chi connectivity index (χ3n) is 5.51. The molecule has 2 heterocycles. The highest BCUT2D eigenvalue weighted by atomic mass is 16.5. The predicted octanol–water partition coefficient (Wildman–Crippen LogP) is 1.18. The molecule has 2 aliphatic rings. The number of esters is 1. The molecular weight excluding hydrogens is 358 g/mol. The van der Waals surface area contributed by atoms with Gasteiger partial charge in [-0.2, -0.15) is 0 Å². The van der Waals surface area contributed by atoms with Crippen LogP contribution in [0.25, 0.3) is 0 Å². The second-order valence-electron chi connectivity index (χ2n) is 7.50. The first kappa shape index (κ1) is 20.2. The Balaban J connectivity index is 1.99. The molecule has 0 saturated carbocycles. The van der Waals surface area contributed by atoms with Crippen LogP contribution in [0.2, 0.25) is 0 Å². The van der Waals surface area contributed by atoms with Crippen molar-refractivity contribution in [2.45, 2.75) is 32.7 Å². The number of likely N-dealkylation sites (tertiary alicyclic amines) is 1. The number of benzene rings is 1. The average Bonchev–Trinajstić information content (AvgIpc) is 2.69. The van der Waals surface area contributed by atoms with Crippen molar-refractivity contribution < 1.29 is 24.0 Å². The van der Waals surface area contributed by atoms with Gasteiger partial charge in [-0.15, -0.1) is 0 Å². The van der Waals surface area contributed by atoms with Crippen molar-refractivity contribution in [1.82, 2.24) is 10.6 Å². The minimum atomic E-state index is -0.609. The fraction of sp³-hybridized carbons (Fsp3) is 0.524.